The van der Waals surface area contributed by atoms with Crippen LogP contribution in [0.3, 0.4) is 0 Å². The minimum absolute atomic E-state index is 0.139. The number of Topliss-reactive ketones (excluding diaryl/α,β-unsaturated/α-hetero) is 1. The number of aromatic nitrogens is 2. The zero-order valence-corrected chi connectivity index (χ0v) is 5.70. The summed E-state index contributed by atoms with van der Waals surface area (Å²) < 4.78 is 4.87. The van der Waals surface area contributed by atoms with Crippen LogP contribution in [0.2, 0.25) is 0 Å². The molecular weight excluding hydrogens is 132 g/mol. The lowest BCUT2D eigenvalue weighted by molar-refractivity contribution is -0.113. The normalized spacial score (nSPS) is 15.5. The zero-order valence-electron chi connectivity index (χ0n) is 5.70. The summed E-state index contributed by atoms with van der Waals surface area (Å²) in [5.74, 6) is 0.139. The van der Waals surface area contributed by atoms with Gasteiger partial charge in [0.15, 0.2) is 5.78 Å². The third-order valence-corrected chi connectivity index (χ3v) is 1.60. The molecule has 4 nitrogen and oxygen atoms in total. The second kappa shape index (κ2) is 1.65. The van der Waals surface area contributed by atoms with E-state index in [1.54, 1.807) is 4.85 Å². The summed E-state index contributed by atoms with van der Waals surface area (Å²) in [5.41, 5.74) is 0.683. The molecule has 1 aliphatic heterocycles. The first-order valence-corrected chi connectivity index (χ1v) is 3.32. The first-order valence-electron chi connectivity index (χ1n) is 3.32. The molecule has 0 spiro atoms. The zero-order chi connectivity index (χ0) is 7.14. The van der Waals surface area contributed by atoms with E-state index in [0.717, 1.165) is 0 Å². The molecule has 0 aliphatic carbocycles. The van der Waals surface area contributed by atoms with Crippen LogP contribution in [0.5, 0.6) is 0 Å². The Morgan fingerprint density at radius 3 is 3.10 bits per heavy atom. The quantitative estimate of drug-likeness (QED) is 0.607. The fourth-order valence-electron chi connectivity index (χ4n) is 0.989. The SMILES string of the molecule is CCC(=O)C1=CCn2on21. The molecule has 4 heteroatoms. The van der Waals surface area contributed by atoms with Crippen LogP contribution < -0.4 is 0 Å². The van der Waals surface area contributed by atoms with Crippen molar-refractivity contribution in [2.24, 2.45) is 0 Å². The van der Waals surface area contributed by atoms with Crippen LogP contribution in [0.25, 0.3) is 5.70 Å². The smallest absolute Gasteiger partial charge is 0.184 e. The molecule has 0 fully saturated rings. The lowest BCUT2D eigenvalue weighted by Gasteiger charge is -1.89. The van der Waals surface area contributed by atoms with E-state index in [2.05, 4.69) is 0 Å². The van der Waals surface area contributed by atoms with Gasteiger partial charge in [-0.05, 0) is 6.08 Å². The number of carbonyl (C=O) groups excluding carboxylic acids is 1. The van der Waals surface area contributed by atoms with Crippen molar-refractivity contribution < 1.29 is 9.42 Å². The van der Waals surface area contributed by atoms with Gasteiger partial charge in [-0.2, -0.15) is 0 Å². The van der Waals surface area contributed by atoms with Crippen LogP contribution >= 0.6 is 0 Å². The summed E-state index contributed by atoms with van der Waals surface area (Å²) in [5, 5.41) is 0. The van der Waals surface area contributed by atoms with Gasteiger partial charge in [0.05, 0.1) is 0 Å². The Balaban J connectivity index is 2.23. The number of ketones is 1. The van der Waals surface area contributed by atoms with Crippen molar-refractivity contribution in [3.63, 3.8) is 0 Å². The fourth-order valence-corrected chi connectivity index (χ4v) is 0.989. The summed E-state index contributed by atoms with van der Waals surface area (Å²) in [6, 6.07) is 0. The molecule has 0 N–H and O–H groups in total. The van der Waals surface area contributed by atoms with Gasteiger partial charge >= 0.3 is 0 Å². The van der Waals surface area contributed by atoms with Crippen LogP contribution in [0.15, 0.2) is 10.7 Å². The standard InChI is InChI=1S/C6H8N2O2/c1-2-6(9)5-3-4-7-8(5)10-7/h3H,2,4H2,1H3. The Bertz CT molecular complexity index is 287. The molecular formula is C6H8N2O2. The lowest BCUT2D eigenvalue weighted by atomic mass is 10.2. The third-order valence-electron chi connectivity index (χ3n) is 1.60. The average molecular weight is 140 g/mol. The Morgan fingerprint density at radius 1 is 1.90 bits per heavy atom. The highest BCUT2D eigenvalue weighted by Crippen LogP contribution is 2.19. The molecule has 0 aromatic carbocycles. The molecule has 0 atom stereocenters. The van der Waals surface area contributed by atoms with Crippen LogP contribution in [0, 0.1) is 0 Å². The van der Waals surface area contributed by atoms with Gasteiger partial charge in [0.25, 0.3) is 0 Å². The van der Waals surface area contributed by atoms with Crippen molar-refractivity contribution in [2.75, 3.05) is 0 Å². The van der Waals surface area contributed by atoms with Gasteiger partial charge in [-0.25, -0.2) is 4.63 Å². The van der Waals surface area contributed by atoms with E-state index in [1.807, 2.05) is 13.0 Å². The molecule has 2 rings (SSSR count). The highest BCUT2D eigenvalue weighted by atomic mass is 16.8. The maximum atomic E-state index is 11.0. The highest BCUT2D eigenvalue weighted by molar-refractivity contribution is 6.14. The molecule has 0 amide bonds. The lowest BCUT2D eigenvalue weighted by Crippen LogP contribution is -2.00. The number of hydrogen-bond acceptors (Lipinski definition) is 2. The number of fused-ring (bicyclic) bond motifs is 1. The maximum absolute atomic E-state index is 11.0. The predicted molar refractivity (Wildman–Crippen MR) is 34.3 cm³/mol. The molecule has 0 bridgehead atoms. The fraction of sp³-hybridized carbons (Fsp3) is 0.500. The minimum Gasteiger partial charge on any atom is -0.292 e. The third kappa shape index (κ3) is 0.586. The number of hydrogen-bond donors (Lipinski definition) is 0. The Morgan fingerprint density at radius 2 is 2.70 bits per heavy atom. The monoisotopic (exact) mass is 140 g/mol. The van der Waals surface area contributed by atoms with Gasteiger partial charge in [-0.1, -0.05) is 16.6 Å². The molecule has 0 saturated heterocycles. The summed E-state index contributed by atoms with van der Waals surface area (Å²) in [7, 11) is 0. The molecule has 1 aromatic rings. The predicted octanol–water partition coefficient (Wildman–Crippen LogP) is 0.716. The molecule has 54 valence electrons. The Kier molecular flexibility index (Phi) is 0.922. The van der Waals surface area contributed by atoms with Gasteiger partial charge < -0.3 is 0 Å². The Labute approximate surface area is 57.6 Å². The summed E-state index contributed by atoms with van der Waals surface area (Å²) >= 11 is 0. The van der Waals surface area contributed by atoms with Crippen molar-refractivity contribution >= 4 is 11.5 Å². The van der Waals surface area contributed by atoms with Crippen molar-refractivity contribution in [1.29, 1.82) is 0 Å². The summed E-state index contributed by atoms with van der Waals surface area (Å²) in [6.07, 6.45) is 2.41. The molecule has 0 saturated carbocycles. The highest BCUT2D eigenvalue weighted by Gasteiger charge is 2.25. The van der Waals surface area contributed by atoms with Crippen LogP contribution in [0.1, 0.15) is 13.3 Å². The van der Waals surface area contributed by atoms with Gasteiger partial charge in [-0.15, -0.1) is 0 Å². The second-order valence-corrected chi connectivity index (χ2v) is 2.26. The van der Waals surface area contributed by atoms with E-state index < -0.39 is 0 Å². The van der Waals surface area contributed by atoms with Crippen LogP contribution in [-0.2, 0) is 11.3 Å². The first-order chi connectivity index (χ1) is 4.83. The second-order valence-electron chi connectivity index (χ2n) is 2.26. The number of allylic oxidation sites excluding steroid dienone is 2. The first kappa shape index (κ1) is 5.58. The van der Waals surface area contributed by atoms with Crippen molar-refractivity contribution in [1.82, 2.24) is 9.71 Å². The van der Waals surface area contributed by atoms with E-state index in [4.69, 9.17) is 4.63 Å². The van der Waals surface area contributed by atoms with E-state index in [0.29, 0.717) is 18.7 Å². The number of nitrogens with zero attached hydrogens (tertiary/aromatic N) is 2. The summed E-state index contributed by atoms with van der Waals surface area (Å²) in [6.45, 7) is 2.55. The van der Waals surface area contributed by atoms with Gasteiger partial charge in [0, 0.05) is 6.42 Å². The molecule has 2 heterocycles. The van der Waals surface area contributed by atoms with Gasteiger partial charge in [0.1, 0.15) is 12.2 Å². The van der Waals surface area contributed by atoms with Crippen LogP contribution in [0.4, 0.5) is 0 Å². The largest absolute Gasteiger partial charge is 0.292 e. The summed E-state index contributed by atoms with van der Waals surface area (Å²) in [4.78, 5) is 14.2. The van der Waals surface area contributed by atoms with Crippen LogP contribution in [-0.4, -0.2) is 15.5 Å². The van der Waals surface area contributed by atoms with Crippen molar-refractivity contribution in [2.45, 2.75) is 19.9 Å². The van der Waals surface area contributed by atoms with E-state index in [-0.39, 0.29) is 5.78 Å². The van der Waals surface area contributed by atoms with E-state index in [9.17, 15) is 4.79 Å². The van der Waals surface area contributed by atoms with Crippen molar-refractivity contribution in [3.8, 4) is 0 Å². The average Bonchev–Trinajstić information content (AvgIpc) is 2.62. The van der Waals surface area contributed by atoms with Gasteiger partial charge in [0.2, 0.25) is 0 Å². The number of carbonyl (C=O) groups is 1. The molecule has 1 aliphatic rings. The molecule has 1 aromatic heterocycles. The van der Waals surface area contributed by atoms with Gasteiger partial charge in [-0.3, -0.25) is 4.79 Å². The van der Waals surface area contributed by atoms with E-state index in [1.165, 1.54) is 4.85 Å². The van der Waals surface area contributed by atoms with Crippen molar-refractivity contribution in [3.05, 3.63) is 6.08 Å². The Hall–Kier alpha value is -1.19. The maximum Gasteiger partial charge on any atom is 0.184 e. The minimum atomic E-state index is 0.139. The molecule has 10 heavy (non-hydrogen) atoms. The van der Waals surface area contributed by atoms with E-state index >= 15 is 0 Å². The topological polar surface area (TPSA) is 40.1 Å². The molecule has 0 unspecified atom stereocenters. The molecule has 0 radical (unpaired) electrons. The number of rotatable bonds is 2.